The Balaban J connectivity index is 2.21. The molecule has 0 saturated heterocycles. The third-order valence-corrected chi connectivity index (χ3v) is 2.57. The molecule has 2 aromatic rings. The summed E-state index contributed by atoms with van der Waals surface area (Å²) in [6.45, 7) is 0.316. The summed E-state index contributed by atoms with van der Waals surface area (Å²) in [5, 5.41) is 12.1. The van der Waals surface area contributed by atoms with Crippen LogP contribution in [-0.4, -0.2) is 12.0 Å². The first kappa shape index (κ1) is 11.9. The van der Waals surface area contributed by atoms with Gasteiger partial charge in [0.15, 0.2) is 0 Å². The van der Waals surface area contributed by atoms with Crippen molar-refractivity contribution in [3.63, 3.8) is 0 Å². The molecule has 1 aromatic heterocycles. The topological polar surface area (TPSA) is 57.9 Å². The van der Waals surface area contributed by atoms with Crippen LogP contribution in [0.25, 0.3) is 0 Å². The average molecular weight is 239 g/mol. The molecule has 0 fully saturated rings. The van der Waals surface area contributed by atoms with Crippen LogP contribution >= 0.6 is 0 Å². The first-order chi connectivity index (χ1) is 8.85. The summed E-state index contributed by atoms with van der Waals surface area (Å²) in [5.74, 6) is 0.548. The molecule has 90 valence electrons. The number of nitrogens with zero attached hydrogens (tertiary/aromatic N) is 2. The molecule has 2 rings (SSSR count). The van der Waals surface area contributed by atoms with Crippen molar-refractivity contribution >= 4 is 5.69 Å². The molecule has 0 spiro atoms. The lowest BCUT2D eigenvalue weighted by molar-refractivity contribution is 0.294. The van der Waals surface area contributed by atoms with E-state index in [0.29, 0.717) is 18.1 Å². The minimum atomic E-state index is 0.316. The molecule has 4 nitrogen and oxygen atoms in total. The van der Waals surface area contributed by atoms with Gasteiger partial charge in [0, 0.05) is 30.6 Å². The Bertz CT molecular complexity index is 561. The van der Waals surface area contributed by atoms with Crippen molar-refractivity contribution in [3.8, 4) is 11.9 Å². The quantitative estimate of drug-likeness (QED) is 0.890. The van der Waals surface area contributed by atoms with Crippen LogP contribution in [0.5, 0.6) is 5.88 Å². The summed E-state index contributed by atoms with van der Waals surface area (Å²) in [6, 6.07) is 13.2. The van der Waals surface area contributed by atoms with E-state index in [2.05, 4.69) is 16.4 Å². The number of hydrogen-bond donors (Lipinski definition) is 1. The Morgan fingerprint density at radius 1 is 1.28 bits per heavy atom. The maximum atomic E-state index is 9.09. The second-order valence-corrected chi connectivity index (χ2v) is 3.65. The number of pyridine rings is 1. The van der Waals surface area contributed by atoms with E-state index in [-0.39, 0.29) is 0 Å². The molecule has 1 aromatic carbocycles. The number of anilines is 1. The van der Waals surface area contributed by atoms with E-state index in [4.69, 9.17) is 10.00 Å². The van der Waals surface area contributed by atoms with Crippen molar-refractivity contribution in [2.75, 3.05) is 12.4 Å². The van der Waals surface area contributed by atoms with Crippen LogP contribution in [0.2, 0.25) is 0 Å². The first-order valence-corrected chi connectivity index (χ1v) is 5.58. The normalized spacial score (nSPS) is 9.56. The van der Waals surface area contributed by atoms with Gasteiger partial charge < -0.3 is 10.1 Å². The number of hydrogen-bond acceptors (Lipinski definition) is 4. The number of nitriles is 1. The minimum Gasteiger partial charge on any atom is -0.473 e. The van der Waals surface area contributed by atoms with Crippen LogP contribution < -0.4 is 10.1 Å². The molecule has 0 saturated carbocycles. The van der Waals surface area contributed by atoms with Gasteiger partial charge in [-0.1, -0.05) is 12.1 Å². The van der Waals surface area contributed by atoms with Crippen molar-refractivity contribution in [2.45, 2.75) is 6.61 Å². The summed E-state index contributed by atoms with van der Waals surface area (Å²) in [4.78, 5) is 4.08. The van der Waals surface area contributed by atoms with Gasteiger partial charge in [0.05, 0.1) is 11.6 Å². The Morgan fingerprint density at radius 3 is 2.83 bits per heavy atom. The molecule has 0 radical (unpaired) electrons. The maximum absolute atomic E-state index is 9.09. The van der Waals surface area contributed by atoms with Crippen LogP contribution in [0.15, 0.2) is 42.6 Å². The largest absolute Gasteiger partial charge is 0.473 e. The van der Waals surface area contributed by atoms with Gasteiger partial charge in [0.2, 0.25) is 5.88 Å². The third kappa shape index (κ3) is 2.58. The van der Waals surface area contributed by atoms with E-state index in [1.807, 2.05) is 31.3 Å². The zero-order valence-electron chi connectivity index (χ0n) is 10.1. The Kier molecular flexibility index (Phi) is 3.77. The van der Waals surface area contributed by atoms with E-state index in [9.17, 15) is 0 Å². The van der Waals surface area contributed by atoms with Crippen molar-refractivity contribution in [2.24, 2.45) is 0 Å². The lowest BCUT2D eigenvalue weighted by Gasteiger charge is -2.11. The van der Waals surface area contributed by atoms with Gasteiger partial charge in [-0.2, -0.15) is 5.26 Å². The van der Waals surface area contributed by atoms with Gasteiger partial charge in [0.25, 0.3) is 0 Å². The van der Waals surface area contributed by atoms with Crippen LogP contribution in [0.1, 0.15) is 11.1 Å². The number of aromatic nitrogens is 1. The van der Waals surface area contributed by atoms with E-state index in [0.717, 1.165) is 11.3 Å². The van der Waals surface area contributed by atoms with Gasteiger partial charge in [-0.25, -0.2) is 4.98 Å². The highest BCUT2D eigenvalue weighted by atomic mass is 16.5. The standard InChI is InChI=1S/C14H13N3O/c1-16-13-6-4-5-11(9-15)12(13)10-18-14-7-2-3-8-17-14/h2-8,16H,10H2,1H3. The van der Waals surface area contributed by atoms with E-state index < -0.39 is 0 Å². The average Bonchev–Trinajstić information content (AvgIpc) is 2.45. The lowest BCUT2D eigenvalue weighted by atomic mass is 10.1. The monoisotopic (exact) mass is 239 g/mol. The molecule has 0 aliphatic heterocycles. The van der Waals surface area contributed by atoms with Crippen molar-refractivity contribution in [3.05, 3.63) is 53.7 Å². The fourth-order valence-electron chi connectivity index (χ4n) is 1.66. The fraction of sp³-hybridized carbons (Fsp3) is 0.143. The van der Waals surface area contributed by atoms with E-state index in [1.165, 1.54) is 0 Å². The summed E-state index contributed by atoms with van der Waals surface area (Å²) < 4.78 is 5.57. The Morgan fingerprint density at radius 2 is 2.17 bits per heavy atom. The lowest BCUT2D eigenvalue weighted by Crippen LogP contribution is -2.04. The summed E-state index contributed by atoms with van der Waals surface area (Å²) in [6.07, 6.45) is 1.67. The van der Waals surface area contributed by atoms with E-state index in [1.54, 1.807) is 18.3 Å². The highest BCUT2D eigenvalue weighted by molar-refractivity contribution is 5.57. The molecule has 0 aliphatic rings. The zero-order valence-corrected chi connectivity index (χ0v) is 10.1. The number of rotatable bonds is 4. The molecular weight excluding hydrogens is 226 g/mol. The third-order valence-electron chi connectivity index (χ3n) is 2.57. The van der Waals surface area contributed by atoms with Crippen molar-refractivity contribution in [1.82, 2.24) is 4.98 Å². The first-order valence-electron chi connectivity index (χ1n) is 5.58. The molecule has 1 heterocycles. The fourth-order valence-corrected chi connectivity index (χ4v) is 1.66. The summed E-state index contributed by atoms with van der Waals surface area (Å²) in [7, 11) is 1.82. The Hall–Kier alpha value is -2.54. The number of nitrogens with one attached hydrogen (secondary N) is 1. The number of benzene rings is 1. The van der Waals surface area contributed by atoms with Gasteiger partial charge in [-0.3, -0.25) is 0 Å². The van der Waals surface area contributed by atoms with Crippen LogP contribution in [-0.2, 0) is 6.61 Å². The predicted molar refractivity (Wildman–Crippen MR) is 69.3 cm³/mol. The molecule has 18 heavy (non-hydrogen) atoms. The molecule has 4 heteroatoms. The second kappa shape index (κ2) is 5.69. The van der Waals surface area contributed by atoms with Crippen LogP contribution in [0, 0.1) is 11.3 Å². The predicted octanol–water partition coefficient (Wildman–Crippen LogP) is 2.57. The molecule has 0 amide bonds. The Labute approximate surface area is 106 Å². The second-order valence-electron chi connectivity index (χ2n) is 3.65. The molecular formula is C14H13N3O. The molecule has 1 N–H and O–H groups in total. The SMILES string of the molecule is CNc1cccc(C#N)c1COc1ccccn1. The zero-order chi connectivity index (χ0) is 12.8. The molecule has 0 atom stereocenters. The van der Waals surface area contributed by atoms with Gasteiger partial charge in [-0.05, 0) is 18.2 Å². The number of ether oxygens (including phenoxy) is 1. The van der Waals surface area contributed by atoms with Gasteiger partial charge in [0.1, 0.15) is 6.61 Å². The van der Waals surface area contributed by atoms with Gasteiger partial charge >= 0.3 is 0 Å². The van der Waals surface area contributed by atoms with Crippen LogP contribution in [0.4, 0.5) is 5.69 Å². The molecule has 0 aliphatic carbocycles. The van der Waals surface area contributed by atoms with E-state index >= 15 is 0 Å². The highest BCUT2D eigenvalue weighted by Crippen LogP contribution is 2.20. The smallest absolute Gasteiger partial charge is 0.213 e. The molecule has 0 unspecified atom stereocenters. The van der Waals surface area contributed by atoms with Crippen LogP contribution in [0.3, 0.4) is 0 Å². The maximum Gasteiger partial charge on any atom is 0.213 e. The molecule has 0 bridgehead atoms. The van der Waals surface area contributed by atoms with Crippen molar-refractivity contribution < 1.29 is 4.74 Å². The van der Waals surface area contributed by atoms with Gasteiger partial charge in [-0.15, -0.1) is 0 Å². The highest BCUT2D eigenvalue weighted by Gasteiger charge is 2.08. The van der Waals surface area contributed by atoms with Crippen molar-refractivity contribution in [1.29, 1.82) is 5.26 Å². The minimum absolute atomic E-state index is 0.316. The summed E-state index contributed by atoms with van der Waals surface area (Å²) >= 11 is 0. The summed E-state index contributed by atoms with van der Waals surface area (Å²) in [5.41, 5.74) is 2.34.